The van der Waals surface area contributed by atoms with Crippen LogP contribution in [-0.2, 0) is 10.0 Å². The average Bonchev–Trinajstić information content (AvgIpc) is 3.37. The molecule has 0 radical (unpaired) electrons. The van der Waals surface area contributed by atoms with Crippen molar-refractivity contribution in [2.45, 2.75) is 4.90 Å². The molecule has 2 heterocycles. The summed E-state index contributed by atoms with van der Waals surface area (Å²) in [6.45, 7) is 4.55. The predicted molar refractivity (Wildman–Crippen MR) is 154 cm³/mol. The molecule has 0 saturated carbocycles. The monoisotopic (exact) mass is 578 g/mol. The van der Waals surface area contributed by atoms with Crippen LogP contribution >= 0.6 is 0 Å². The molecule has 214 valence electrons. The van der Waals surface area contributed by atoms with Crippen LogP contribution < -0.4 is 21.5 Å². The summed E-state index contributed by atoms with van der Waals surface area (Å²) in [5.41, 5.74) is 7.40. The maximum absolute atomic E-state index is 13.3. The number of imidazole rings is 1. The predicted octanol–water partition coefficient (Wildman–Crippen LogP) is 0.875. The molecule has 14 heteroatoms. The van der Waals surface area contributed by atoms with Gasteiger partial charge in [0, 0.05) is 61.5 Å². The van der Waals surface area contributed by atoms with E-state index in [1.54, 1.807) is 18.2 Å². The minimum atomic E-state index is -4.13. The molecule has 13 nitrogen and oxygen atoms in total. The number of hydrogen-bond donors (Lipinski definition) is 8. The number of phenols is 2. The molecular formula is C27H30N8O5S. The third-order valence-electron chi connectivity index (χ3n) is 6.93. The number of aromatic amines is 1. The van der Waals surface area contributed by atoms with Gasteiger partial charge in [0.2, 0.25) is 10.0 Å². The van der Waals surface area contributed by atoms with Crippen molar-refractivity contribution in [3.63, 3.8) is 0 Å². The van der Waals surface area contributed by atoms with E-state index in [0.29, 0.717) is 29.7 Å². The number of aromatic hydroxyl groups is 2. The van der Waals surface area contributed by atoms with E-state index in [-0.39, 0.29) is 50.3 Å². The Morgan fingerprint density at radius 1 is 1.02 bits per heavy atom. The number of amides is 1. The zero-order valence-corrected chi connectivity index (χ0v) is 22.8. The van der Waals surface area contributed by atoms with Crippen molar-refractivity contribution in [2.24, 2.45) is 10.9 Å². The third kappa shape index (κ3) is 6.00. The highest BCUT2D eigenvalue weighted by molar-refractivity contribution is 7.89. The molecule has 4 aromatic rings. The Balaban J connectivity index is 1.59. The SMILES string of the molecule is N=C(N)c1ccc2nc(-c3cc(C(=O)NCCN4CCNCC4)cc(-c4cc(S(N)(=O)=O)ccc4O)c3O)[nH]c2c1. The van der Waals surface area contributed by atoms with Crippen LogP contribution in [0.2, 0.25) is 0 Å². The van der Waals surface area contributed by atoms with Gasteiger partial charge in [-0.05, 0) is 48.5 Å². The van der Waals surface area contributed by atoms with E-state index in [4.69, 9.17) is 16.3 Å². The average molecular weight is 579 g/mol. The molecule has 0 aliphatic carbocycles. The van der Waals surface area contributed by atoms with E-state index in [1.165, 1.54) is 12.1 Å². The number of aromatic nitrogens is 2. The van der Waals surface area contributed by atoms with Crippen LogP contribution in [0.15, 0.2) is 53.4 Å². The second-order valence-corrected chi connectivity index (χ2v) is 11.3. The van der Waals surface area contributed by atoms with Gasteiger partial charge >= 0.3 is 0 Å². The standard InChI is InChI=1S/C27H30N8O5S/c28-25(29)15-1-3-21-22(13-15)34-26(33-21)20-12-16(27(38)32-7-10-35-8-5-31-6-9-35)11-19(24(20)37)18-14-17(41(30,39)40)2-4-23(18)36/h1-4,11-14,31,36-37H,5-10H2,(H3,28,29)(H,32,38)(H,33,34)(H2,30,39,40). The summed E-state index contributed by atoms with van der Waals surface area (Å²) in [5.74, 6) is -1.03. The Morgan fingerprint density at radius 2 is 1.76 bits per heavy atom. The van der Waals surface area contributed by atoms with Crippen molar-refractivity contribution in [1.82, 2.24) is 25.5 Å². The summed E-state index contributed by atoms with van der Waals surface area (Å²) in [6, 6.07) is 11.2. The second kappa shape index (κ2) is 11.2. The van der Waals surface area contributed by atoms with Gasteiger partial charge in [-0.25, -0.2) is 18.5 Å². The zero-order valence-electron chi connectivity index (χ0n) is 21.9. The lowest BCUT2D eigenvalue weighted by Gasteiger charge is -2.27. The number of nitrogens with zero attached hydrogens (tertiary/aromatic N) is 2. The molecule has 10 N–H and O–H groups in total. The quantitative estimate of drug-likeness (QED) is 0.110. The number of fused-ring (bicyclic) bond motifs is 1. The molecule has 1 amide bonds. The molecule has 41 heavy (non-hydrogen) atoms. The number of benzene rings is 3. The highest BCUT2D eigenvalue weighted by Gasteiger charge is 2.22. The second-order valence-electron chi connectivity index (χ2n) is 9.72. The zero-order chi connectivity index (χ0) is 29.3. The Hall–Kier alpha value is -4.50. The van der Waals surface area contributed by atoms with Gasteiger partial charge in [0.1, 0.15) is 23.2 Å². The number of carbonyl (C=O) groups is 1. The summed E-state index contributed by atoms with van der Waals surface area (Å²) >= 11 is 0. The van der Waals surface area contributed by atoms with Gasteiger partial charge in [-0.15, -0.1) is 0 Å². The van der Waals surface area contributed by atoms with Crippen LogP contribution in [0.3, 0.4) is 0 Å². The number of rotatable bonds is 8. The minimum absolute atomic E-state index is 0.00244. The van der Waals surface area contributed by atoms with Gasteiger partial charge < -0.3 is 31.6 Å². The van der Waals surface area contributed by atoms with Gasteiger partial charge in [0.15, 0.2) is 0 Å². The number of phenolic OH excluding ortho intramolecular Hbond substituents is 2. The van der Waals surface area contributed by atoms with Crippen molar-refractivity contribution in [2.75, 3.05) is 39.3 Å². The van der Waals surface area contributed by atoms with Crippen LogP contribution in [0.25, 0.3) is 33.5 Å². The van der Waals surface area contributed by atoms with Gasteiger partial charge in [0.05, 0.1) is 21.5 Å². The van der Waals surface area contributed by atoms with E-state index < -0.39 is 15.9 Å². The lowest BCUT2D eigenvalue weighted by Crippen LogP contribution is -2.46. The van der Waals surface area contributed by atoms with Crippen molar-refractivity contribution >= 4 is 32.8 Å². The van der Waals surface area contributed by atoms with E-state index >= 15 is 0 Å². The normalized spacial score (nSPS) is 14.3. The number of amidine groups is 1. The maximum atomic E-state index is 13.3. The molecule has 0 spiro atoms. The number of H-pyrrole nitrogens is 1. The first-order chi connectivity index (χ1) is 19.5. The summed E-state index contributed by atoms with van der Waals surface area (Å²) in [7, 11) is -4.13. The fourth-order valence-electron chi connectivity index (χ4n) is 4.73. The van der Waals surface area contributed by atoms with Gasteiger partial charge in [-0.1, -0.05) is 0 Å². The Morgan fingerprint density at radius 3 is 2.46 bits per heavy atom. The fourth-order valence-corrected chi connectivity index (χ4v) is 5.27. The molecular weight excluding hydrogens is 548 g/mol. The number of primary sulfonamides is 1. The van der Waals surface area contributed by atoms with Crippen LogP contribution in [0, 0.1) is 5.41 Å². The Kier molecular flexibility index (Phi) is 7.64. The van der Waals surface area contributed by atoms with Gasteiger partial charge in [-0.3, -0.25) is 15.1 Å². The topological polar surface area (TPSA) is 224 Å². The third-order valence-corrected chi connectivity index (χ3v) is 7.84. The lowest BCUT2D eigenvalue weighted by molar-refractivity contribution is 0.0947. The number of sulfonamides is 1. The molecule has 0 unspecified atom stereocenters. The van der Waals surface area contributed by atoms with Gasteiger partial charge in [-0.2, -0.15) is 0 Å². The molecule has 1 aromatic heterocycles. The summed E-state index contributed by atoms with van der Waals surface area (Å²) in [4.78, 5) is 22.9. The smallest absolute Gasteiger partial charge is 0.251 e. The largest absolute Gasteiger partial charge is 0.507 e. The molecule has 0 bridgehead atoms. The molecule has 1 fully saturated rings. The molecule has 1 aliphatic heterocycles. The number of piperazine rings is 1. The first-order valence-corrected chi connectivity index (χ1v) is 14.3. The van der Waals surface area contributed by atoms with Crippen LogP contribution in [0.1, 0.15) is 15.9 Å². The van der Waals surface area contributed by atoms with E-state index in [1.807, 2.05) is 0 Å². The van der Waals surface area contributed by atoms with Crippen molar-refractivity contribution in [3.8, 4) is 34.0 Å². The molecule has 3 aromatic carbocycles. The first-order valence-electron chi connectivity index (χ1n) is 12.8. The first kappa shape index (κ1) is 28.0. The van der Waals surface area contributed by atoms with Crippen molar-refractivity contribution in [1.29, 1.82) is 5.41 Å². The van der Waals surface area contributed by atoms with E-state index in [9.17, 15) is 23.4 Å². The molecule has 0 atom stereocenters. The summed E-state index contributed by atoms with van der Waals surface area (Å²) in [6.07, 6.45) is 0. The lowest BCUT2D eigenvalue weighted by atomic mass is 9.96. The minimum Gasteiger partial charge on any atom is -0.507 e. The van der Waals surface area contributed by atoms with E-state index in [2.05, 4.69) is 25.5 Å². The highest BCUT2D eigenvalue weighted by atomic mass is 32.2. The number of nitrogens with two attached hydrogens (primary N) is 2. The maximum Gasteiger partial charge on any atom is 0.251 e. The van der Waals surface area contributed by atoms with Crippen LogP contribution in [0.5, 0.6) is 11.5 Å². The number of nitrogen functional groups attached to an aromatic ring is 1. The fraction of sp³-hybridized carbons (Fsp3) is 0.222. The number of hydrogen-bond acceptors (Lipinski definition) is 9. The Labute approximate surface area is 235 Å². The summed E-state index contributed by atoms with van der Waals surface area (Å²) < 4.78 is 24.0. The van der Waals surface area contributed by atoms with Crippen molar-refractivity contribution < 1.29 is 23.4 Å². The highest BCUT2D eigenvalue weighted by Crippen LogP contribution is 2.42. The molecule has 5 rings (SSSR count). The van der Waals surface area contributed by atoms with Crippen molar-refractivity contribution in [3.05, 3.63) is 59.7 Å². The summed E-state index contributed by atoms with van der Waals surface area (Å²) in [5, 5.41) is 41.2. The van der Waals surface area contributed by atoms with Gasteiger partial charge in [0.25, 0.3) is 5.91 Å². The number of nitrogens with one attached hydrogen (secondary N) is 4. The molecule has 1 aliphatic rings. The molecule has 1 saturated heterocycles. The van der Waals surface area contributed by atoms with Crippen LogP contribution in [-0.4, -0.2) is 84.5 Å². The van der Waals surface area contributed by atoms with Crippen LogP contribution in [0.4, 0.5) is 0 Å². The Bertz CT molecular complexity index is 1760. The number of carbonyl (C=O) groups excluding carboxylic acids is 1. The van der Waals surface area contributed by atoms with E-state index in [0.717, 1.165) is 44.4 Å².